The normalized spacial score (nSPS) is 14.0. The molecule has 58 heavy (non-hydrogen) atoms. The van der Waals surface area contributed by atoms with Crippen LogP contribution in [0.2, 0.25) is 0 Å². The summed E-state index contributed by atoms with van der Waals surface area (Å²) in [6.45, 7) is 31.7. The fraction of sp³-hybridized carbons (Fsp3) is 0. The number of benzene rings is 5. The quantitative estimate of drug-likeness (QED) is 0.103. The summed E-state index contributed by atoms with van der Waals surface area (Å²) in [5.74, 6) is -3.89. The summed E-state index contributed by atoms with van der Waals surface area (Å²) in [5, 5.41) is 41.0. The average Bonchev–Trinajstić information content (AvgIpc) is 3.69. The topological polar surface area (TPSA) is 113 Å². The molecule has 0 radical (unpaired) electrons. The van der Waals surface area contributed by atoms with Crippen LogP contribution < -0.4 is 0 Å². The van der Waals surface area contributed by atoms with Crippen molar-refractivity contribution in [1.29, 1.82) is 21.0 Å². The largest absolute Gasteiger partial charge is 0.239 e. The highest BCUT2D eigenvalue weighted by atomic mass is 19.1. The summed E-state index contributed by atoms with van der Waals surface area (Å²) < 4.78 is 63.9. The van der Waals surface area contributed by atoms with Gasteiger partial charge >= 0.3 is 0 Å². The van der Waals surface area contributed by atoms with Crippen LogP contribution in [0.15, 0.2) is 96.6 Å². The maximum absolute atomic E-state index is 17.4. The lowest BCUT2D eigenvalue weighted by Gasteiger charge is -2.24. The Hall–Kier alpha value is -9.30. The van der Waals surface area contributed by atoms with Gasteiger partial charge in [-0.1, -0.05) is 42.5 Å². The van der Waals surface area contributed by atoms with E-state index in [9.17, 15) is 29.8 Å². The Morgan fingerprint density at radius 2 is 1.02 bits per heavy atom. The van der Waals surface area contributed by atoms with Crippen molar-refractivity contribution in [2.24, 2.45) is 0 Å². The molecule has 12 heteroatoms. The van der Waals surface area contributed by atoms with Crippen molar-refractivity contribution in [1.82, 2.24) is 0 Å². The van der Waals surface area contributed by atoms with Crippen LogP contribution in [-0.2, 0) is 0 Å². The van der Waals surface area contributed by atoms with Crippen LogP contribution in [0.3, 0.4) is 0 Å². The van der Waals surface area contributed by atoms with Crippen molar-refractivity contribution in [3.05, 3.63) is 198 Å². The molecule has 0 atom stereocenters. The van der Waals surface area contributed by atoms with Gasteiger partial charge in [-0.05, 0) is 87.0 Å². The molecule has 266 valence electrons. The highest BCUT2D eigenvalue weighted by Crippen LogP contribution is 2.61. The molecule has 0 aliphatic heterocycles. The van der Waals surface area contributed by atoms with Gasteiger partial charge in [-0.3, -0.25) is 0 Å². The predicted molar refractivity (Wildman–Crippen MR) is 206 cm³/mol. The number of hydrogen-bond acceptors (Lipinski definition) is 4. The number of allylic oxidation sites excluding steroid dienone is 6. The molecule has 2 aliphatic rings. The van der Waals surface area contributed by atoms with Gasteiger partial charge < -0.3 is 0 Å². The van der Waals surface area contributed by atoms with E-state index in [0.717, 1.165) is 24.3 Å². The summed E-state index contributed by atoms with van der Waals surface area (Å²) in [4.78, 5) is 13.9. The molecule has 0 aromatic heterocycles. The van der Waals surface area contributed by atoms with E-state index in [1.807, 2.05) is 24.3 Å². The Morgan fingerprint density at radius 1 is 0.500 bits per heavy atom. The molecule has 0 heterocycles. The first-order valence-electron chi connectivity index (χ1n) is 16.5. The fourth-order valence-corrected chi connectivity index (χ4v) is 7.19. The van der Waals surface area contributed by atoms with Gasteiger partial charge in [0.2, 0.25) is 11.4 Å². The number of halogens is 4. The van der Waals surface area contributed by atoms with Crippen molar-refractivity contribution in [2.75, 3.05) is 0 Å². The molecule has 0 saturated carbocycles. The molecule has 0 saturated heterocycles. The molecule has 5 aromatic rings. The Labute approximate surface area is 327 Å². The third kappa shape index (κ3) is 5.71. The zero-order chi connectivity index (χ0) is 41.4. The van der Waals surface area contributed by atoms with E-state index < -0.39 is 57.0 Å². The minimum Gasteiger partial charge on any atom is -0.239 e. The first-order valence-corrected chi connectivity index (χ1v) is 16.5. The van der Waals surface area contributed by atoms with Crippen LogP contribution in [-0.4, -0.2) is 0 Å². The monoisotopic (exact) mass is 754 g/mol. The lowest BCUT2D eigenvalue weighted by atomic mass is 9.78. The van der Waals surface area contributed by atoms with E-state index in [4.69, 9.17) is 26.3 Å². The third-order valence-electron chi connectivity index (χ3n) is 9.47. The minimum atomic E-state index is -1.24. The smallest absolute Gasteiger partial charge is 0.231 e. The molecule has 0 amide bonds. The Bertz CT molecular complexity index is 2940. The summed E-state index contributed by atoms with van der Waals surface area (Å²) in [6, 6.07) is 24.3. The van der Waals surface area contributed by atoms with Crippen LogP contribution >= 0.6 is 0 Å². The van der Waals surface area contributed by atoms with Gasteiger partial charge in [-0.2, -0.15) is 21.0 Å². The van der Waals surface area contributed by atoms with Crippen LogP contribution in [0.4, 0.5) is 28.9 Å². The SMILES string of the molecule is [C-]#[N+]C1=C(F)/C(=C(/C#N)c2cc([N+]#[C-])cc([N+]#[C-])c2)c2c1c(-c1ccc(F)cc1)c1c(c2-c2ccc(F)cc2)C(C#N)=C(F)/C1=C(/[N+]#[C-])c1cc(C#N)cc(C#N)c1. The first-order chi connectivity index (χ1) is 28.1. The molecule has 0 spiro atoms. The summed E-state index contributed by atoms with van der Waals surface area (Å²) in [7, 11) is 0. The van der Waals surface area contributed by atoms with Crippen molar-refractivity contribution in [3.63, 3.8) is 0 Å². The van der Waals surface area contributed by atoms with Gasteiger partial charge in [-0.15, -0.1) is 0 Å². The number of nitriles is 4. The summed E-state index contributed by atoms with van der Waals surface area (Å²) >= 11 is 0. The summed E-state index contributed by atoms with van der Waals surface area (Å²) in [5.41, 5.74) is -4.84. The molecular formula is C46H14F4N8. The van der Waals surface area contributed by atoms with Crippen LogP contribution in [0, 0.1) is 83.2 Å². The number of nitrogens with zero attached hydrogens (tertiary/aromatic N) is 8. The van der Waals surface area contributed by atoms with Gasteiger partial charge in [0.15, 0.2) is 11.4 Å². The van der Waals surface area contributed by atoms with E-state index in [2.05, 4.69) is 19.4 Å². The zero-order valence-electron chi connectivity index (χ0n) is 29.2. The maximum atomic E-state index is 17.4. The van der Waals surface area contributed by atoms with Crippen LogP contribution in [0.1, 0.15) is 44.5 Å². The Morgan fingerprint density at radius 3 is 1.47 bits per heavy atom. The van der Waals surface area contributed by atoms with E-state index in [0.29, 0.717) is 0 Å². The van der Waals surface area contributed by atoms with Gasteiger partial charge in [0.25, 0.3) is 0 Å². The molecule has 0 fully saturated rings. The molecular weight excluding hydrogens is 741 g/mol. The molecule has 2 aliphatic carbocycles. The average molecular weight is 755 g/mol. The van der Waals surface area contributed by atoms with Crippen molar-refractivity contribution in [3.8, 4) is 46.5 Å². The van der Waals surface area contributed by atoms with E-state index in [1.165, 1.54) is 60.7 Å². The van der Waals surface area contributed by atoms with Crippen molar-refractivity contribution >= 4 is 45.1 Å². The Kier molecular flexibility index (Phi) is 9.26. The second-order valence-electron chi connectivity index (χ2n) is 12.5. The van der Waals surface area contributed by atoms with Crippen LogP contribution in [0.5, 0.6) is 0 Å². The number of hydrogen-bond donors (Lipinski definition) is 0. The van der Waals surface area contributed by atoms with E-state index >= 15 is 8.78 Å². The van der Waals surface area contributed by atoms with Crippen LogP contribution in [0.25, 0.3) is 75.3 Å². The van der Waals surface area contributed by atoms with Gasteiger partial charge in [0.05, 0.1) is 60.7 Å². The van der Waals surface area contributed by atoms with Gasteiger partial charge in [0, 0.05) is 22.3 Å². The van der Waals surface area contributed by atoms with E-state index in [-0.39, 0.29) is 78.1 Å². The predicted octanol–water partition coefficient (Wildman–Crippen LogP) is 12.2. The highest BCUT2D eigenvalue weighted by Gasteiger charge is 2.44. The number of rotatable bonds is 4. The molecule has 7 rings (SSSR count). The first kappa shape index (κ1) is 37.0. The third-order valence-corrected chi connectivity index (χ3v) is 9.47. The molecule has 0 N–H and O–H groups in total. The van der Waals surface area contributed by atoms with E-state index in [1.54, 1.807) is 0 Å². The molecule has 5 aromatic carbocycles. The minimum absolute atomic E-state index is 0.0543. The van der Waals surface area contributed by atoms with Gasteiger partial charge in [-0.25, -0.2) is 36.9 Å². The Balaban J connectivity index is 1.82. The fourth-order valence-electron chi connectivity index (χ4n) is 7.19. The molecule has 8 nitrogen and oxygen atoms in total. The maximum Gasteiger partial charge on any atom is 0.231 e. The zero-order valence-corrected chi connectivity index (χ0v) is 29.2. The lowest BCUT2D eigenvalue weighted by molar-refractivity contribution is 0.627. The van der Waals surface area contributed by atoms with Crippen molar-refractivity contribution < 1.29 is 17.6 Å². The second kappa shape index (κ2) is 14.5. The second-order valence-corrected chi connectivity index (χ2v) is 12.5. The number of fused-ring (bicyclic) bond motifs is 2. The standard InChI is InChI=1S/C46H14F4N8/c1-55-31-16-27(17-32(18-31)56-2)33(21-53)38-40-35(25-5-9-29(47)10-6-25)37-34(22-54)43(49)42(45(57-3)28-14-23(19-51)13-24(15-28)20-52)39(37)36(26-7-11-30(48)12-8-26)41(40)46(58-4)44(38)50/h5-18H/b38-33-,45-42+. The van der Waals surface area contributed by atoms with Crippen molar-refractivity contribution in [2.45, 2.75) is 0 Å². The summed E-state index contributed by atoms with van der Waals surface area (Å²) in [6.07, 6.45) is 0. The highest BCUT2D eigenvalue weighted by molar-refractivity contribution is 6.24. The lowest BCUT2D eigenvalue weighted by Crippen LogP contribution is -2.04. The van der Waals surface area contributed by atoms with Gasteiger partial charge in [0.1, 0.15) is 35.4 Å². The molecule has 0 unspecified atom stereocenters. The molecule has 0 bridgehead atoms.